The predicted molar refractivity (Wildman–Crippen MR) is 62.2 cm³/mol. The van der Waals surface area contributed by atoms with E-state index in [1.165, 1.54) is 0 Å². The lowest BCUT2D eigenvalue weighted by Gasteiger charge is -2.01. The standard InChI is InChI=1S/C12H12N2O3/c15-10(6-13-8-2-3-8)7-1-4-11-9(5-7)14-12(16)17-11/h1,4-5,8,13H,2-3,6H2,(H,14,16). The highest BCUT2D eigenvalue weighted by molar-refractivity contribution is 5.99. The molecule has 0 spiro atoms. The van der Waals surface area contributed by atoms with Crippen LogP contribution in [0.4, 0.5) is 0 Å². The maximum Gasteiger partial charge on any atom is 0.417 e. The van der Waals surface area contributed by atoms with E-state index in [0.717, 1.165) is 12.8 Å². The van der Waals surface area contributed by atoms with Crippen LogP contribution in [0.15, 0.2) is 27.4 Å². The Bertz CT molecular complexity index is 622. The second-order valence-electron chi connectivity index (χ2n) is 4.30. The third-order valence-corrected chi connectivity index (χ3v) is 2.87. The van der Waals surface area contributed by atoms with E-state index >= 15 is 0 Å². The first-order chi connectivity index (χ1) is 8.22. The molecule has 1 heterocycles. The summed E-state index contributed by atoms with van der Waals surface area (Å²) in [5.41, 5.74) is 1.62. The highest BCUT2D eigenvalue weighted by Crippen LogP contribution is 2.18. The number of ketones is 1. The van der Waals surface area contributed by atoms with Crippen LogP contribution in [0.5, 0.6) is 0 Å². The van der Waals surface area contributed by atoms with Crippen LogP contribution in [0, 0.1) is 0 Å². The normalized spacial score (nSPS) is 15.3. The zero-order valence-electron chi connectivity index (χ0n) is 9.16. The van der Waals surface area contributed by atoms with Gasteiger partial charge in [-0.1, -0.05) is 0 Å². The number of aromatic nitrogens is 1. The second kappa shape index (κ2) is 3.85. The molecule has 17 heavy (non-hydrogen) atoms. The van der Waals surface area contributed by atoms with Gasteiger partial charge in [0.05, 0.1) is 12.1 Å². The summed E-state index contributed by atoms with van der Waals surface area (Å²) in [6.45, 7) is 0.345. The van der Waals surface area contributed by atoms with E-state index in [1.54, 1.807) is 18.2 Å². The third kappa shape index (κ3) is 2.14. The first kappa shape index (κ1) is 10.3. The number of oxazole rings is 1. The van der Waals surface area contributed by atoms with Crippen molar-refractivity contribution < 1.29 is 9.21 Å². The van der Waals surface area contributed by atoms with Crippen molar-refractivity contribution >= 4 is 16.9 Å². The number of hydrogen-bond acceptors (Lipinski definition) is 4. The Morgan fingerprint density at radius 3 is 3.06 bits per heavy atom. The minimum atomic E-state index is -0.499. The number of hydrogen-bond donors (Lipinski definition) is 2. The van der Waals surface area contributed by atoms with E-state index in [2.05, 4.69) is 10.3 Å². The first-order valence-corrected chi connectivity index (χ1v) is 5.62. The number of aromatic amines is 1. The van der Waals surface area contributed by atoms with Crippen LogP contribution in [-0.4, -0.2) is 23.4 Å². The Kier molecular flexibility index (Phi) is 2.33. The average Bonchev–Trinajstić information content (AvgIpc) is 3.06. The Morgan fingerprint density at radius 1 is 1.47 bits per heavy atom. The molecular weight excluding hydrogens is 220 g/mol. The molecule has 1 aromatic heterocycles. The smallest absolute Gasteiger partial charge is 0.408 e. The summed E-state index contributed by atoms with van der Waals surface area (Å²) in [5.74, 6) is -0.471. The van der Waals surface area contributed by atoms with Crippen molar-refractivity contribution in [3.8, 4) is 0 Å². The van der Waals surface area contributed by atoms with Gasteiger partial charge in [0.1, 0.15) is 0 Å². The Hall–Kier alpha value is -1.88. The highest BCUT2D eigenvalue weighted by Gasteiger charge is 2.21. The molecule has 0 radical (unpaired) electrons. The van der Waals surface area contributed by atoms with Crippen molar-refractivity contribution in [3.63, 3.8) is 0 Å². The van der Waals surface area contributed by atoms with Crippen LogP contribution in [0.3, 0.4) is 0 Å². The van der Waals surface area contributed by atoms with Crippen molar-refractivity contribution in [2.75, 3.05) is 6.54 Å². The SMILES string of the molecule is O=C(CNC1CC1)c1ccc2oc(=O)[nH]c2c1. The molecule has 0 aliphatic heterocycles. The van der Waals surface area contributed by atoms with Gasteiger partial charge in [0.2, 0.25) is 0 Å². The molecule has 0 amide bonds. The maximum atomic E-state index is 11.8. The van der Waals surface area contributed by atoms with Crippen LogP contribution < -0.4 is 11.1 Å². The molecule has 2 N–H and O–H groups in total. The zero-order valence-corrected chi connectivity index (χ0v) is 9.16. The van der Waals surface area contributed by atoms with Gasteiger partial charge in [-0.3, -0.25) is 9.78 Å². The third-order valence-electron chi connectivity index (χ3n) is 2.87. The van der Waals surface area contributed by atoms with Gasteiger partial charge in [0, 0.05) is 11.6 Å². The van der Waals surface area contributed by atoms with Crippen molar-refractivity contribution in [2.24, 2.45) is 0 Å². The van der Waals surface area contributed by atoms with Crippen LogP contribution >= 0.6 is 0 Å². The van der Waals surface area contributed by atoms with Crippen LogP contribution in [0.1, 0.15) is 23.2 Å². The predicted octanol–water partition coefficient (Wildman–Crippen LogP) is 1.06. The van der Waals surface area contributed by atoms with Crippen molar-refractivity contribution in [2.45, 2.75) is 18.9 Å². The number of rotatable bonds is 4. The molecule has 0 bridgehead atoms. The molecule has 1 aromatic carbocycles. The van der Waals surface area contributed by atoms with E-state index in [-0.39, 0.29) is 5.78 Å². The van der Waals surface area contributed by atoms with Gasteiger partial charge in [-0.15, -0.1) is 0 Å². The van der Waals surface area contributed by atoms with Gasteiger partial charge >= 0.3 is 5.76 Å². The van der Waals surface area contributed by atoms with Crippen molar-refractivity contribution in [1.82, 2.24) is 10.3 Å². The molecular formula is C12H12N2O3. The van der Waals surface area contributed by atoms with E-state index in [4.69, 9.17) is 4.42 Å². The van der Waals surface area contributed by atoms with E-state index in [9.17, 15) is 9.59 Å². The number of fused-ring (bicyclic) bond motifs is 1. The molecule has 0 unspecified atom stereocenters. The minimum absolute atomic E-state index is 0.0286. The molecule has 1 saturated carbocycles. The molecule has 1 aliphatic carbocycles. The van der Waals surface area contributed by atoms with Gasteiger partial charge in [-0.05, 0) is 31.0 Å². The number of benzene rings is 1. The number of carbonyl (C=O) groups excluding carboxylic acids is 1. The quantitative estimate of drug-likeness (QED) is 0.773. The Morgan fingerprint density at radius 2 is 2.29 bits per heavy atom. The fraction of sp³-hybridized carbons (Fsp3) is 0.333. The molecule has 0 saturated heterocycles. The zero-order chi connectivity index (χ0) is 11.8. The topological polar surface area (TPSA) is 75.1 Å². The van der Waals surface area contributed by atoms with E-state index < -0.39 is 5.76 Å². The van der Waals surface area contributed by atoms with Crippen molar-refractivity contribution in [3.05, 3.63) is 34.3 Å². The molecule has 5 heteroatoms. The van der Waals surface area contributed by atoms with Crippen LogP contribution in [0.25, 0.3) is 11.1 Å². The number of carbonyl (C=O) groups is 1. The van der Waals surface area contributed by atoms with Crippen molar-refractivity contribution in [1.29, 1.82) is 0 Å². The van der Waals surface area contributed by atoms with E-state index in [0.29, 0.717) is 29.2 Å². The number of nitrogens with one attached hydrogen (secondary N) is 2. The summed E-state index contributed by atoms with van der Waals surface area (Å²) < 4.78 is 4.87. The molecule has 5 nitrogen and oxygen atoms in total. The number of H-pyrrole nitrogens is 1. The Balaban J connectivity index is 1.83. The number of Topliss-reactive ketones (excluding diaryl/α,β-unsaturated/α-hetero) is 1. The monoisotopic (exact) mass is 232 g/mol. The molecule has 3 rings (SSSR count). The summed E-state index contributed by atoms with van der Waals surface area (Å²) in [6, 6.07) is 5.47. The van der Waals surface area contributed by atoms with Gasteiger partial charge in [-0.25, -0.2) is 4.79 Å². The molecule has 1 aliphatic rings. The van der Waals surface area contributed by atoms with Crippen LogP contribution in [-0.2, 0) is 0 Å². The molecule has 0 atom stereocenters. The maximum absolute atomic E-state index is 11.8. The average molecular weight is 232 g/mol. The lowest BCUT2D eigenvalue weighted by atomic mass is 10.1. The largest absolute Gasteiger partial charge is 0.417 e. The van der Waals surface area contributed by atoms with Gasteiger partial charge in [0.15, 0.2) is 11.4 Å². The Labute approximate surface area is 96.8 Å². The lowest BCUT2D eigenvalue weighted by molar-refractivity contribution is 0.0990. The molecule has 88 valence electrons. The van der Waals surface area contributed by atoms with E-state index in [1.807, 2.05) is 0 Å². The van der Waals surface area contributed by atoms with Gasteiger partial charge < -0.3 is 9.73 Å². The second-order valence-corrected chi connectivity index (χ2v) is 4.30. The lowest BCUT2D eigenvalue weighted by Crippen LogP contribution is -2.24. The van der Waals surface area contributed by atoms with Crippen LogP contribution in [0.2, 0.25) is 0 Å². The molecule has 2 aromatic rings. The minimum Gasteiger partial charge on any atom is -0.408 e. The summed E-state index contributed by atoms with van der Waals surface area (Å²) >= 11 is 0. The van der Waals surface area contributed by atoms with Gasteiger partial charge in [-0.2, -0.15) is 0 Å². The summed E-state index contributed by atoms with van der Waals surface area (Å²) in [5, 5.41) is 3.16. The summed E-state index contributed by atoms with van der Waals surface area (Å²) in [7, 11) is 0. The summed E-state index contributed by atoms with van der Waals surface area (Å²) in [6.07, 6.45) is 2.31. The van der Waals surface area contributed by atoms with Gasteiger partial charge in [0.25, 0.3) is 0 Å². The fourth-order valence-corrected chi connectivity index (χ4v) is 1.75. The summed E-state index contributed by atoms with van der Waals surface area (Å²) in [4.78, 5) is 25.4. The fourth-order valence-electron chi connectivity index (χ4n) is 1.75. The first-order valence-electron chi connectivity index (χ1n) is 5.62. The highest BCUT2D eigenvalue weighted by atomic mass is 16.4. The molecule has 1 fully saturated rings.